The Bertz CT molecular complexity index is 693. The van der Waals surface area contributed by atoms with Gasteiger partial charge in [-0.25, -0.2) is 4.98 Å². The molecule has 0 amide bonds. The zero-order valence-corrected chi connectivity index (χ0v) is 11.2. The number of hydrogen-bond donors (Lipinski definition) is 0. The Morgan fingerprint density at radius 3 is 2.42 bits per heavy atom. The van der Waals surface area contributed by atoms with Crippen LogP contribution in [0.3, 0.4) is 0 Å². The number of imidazole rings is 1. The van der Waals surface area contributed by atoms with Crippen molar-refractivity contribution in [2.24, 2.45) is 0 Å². The molecule has 0 aliphatic heterocycles. The average molecular weight is 248 g/mol. The molecule has 1 aromatic heterocycles. The Kier molecular flexibility index (Phi) is 2.92. The quantitative estimate of drug-likeness (QED) is 0.666. The van der Waals surface area contributed by atoms with Gasteiger partial charge < -0.3 is 0 Å². The highest BCUT2D eigenvalue weighted by atomic mass is 15.1. The van der Waals surface area contributed by atoms with E-state index in [4.69, 9.17) is 0 Å². The molecule has 0 saturated carbocycles. The van der Waals surface area contributed by atoms with Crippen molar-refractivity contribution < 1.29 is 0 Å². The SMILES string of the molecule is Cc1ccc(-c2nccn2-c2cccc(C)c2)cc1. The third-order valence-corrected chi connectivity index (χ3v) is 3.23. The smallest absolute Gasteiger partial charge is 0.144 e. The lowest BCUT2D eigenvalue weighted by molar-refractivity contribution is 1.06. The maximum atomic E-state index is 4.49. The first-order valence-electron chi connectivity index (χ1n) is 6.41. The highest BCUT2D eigenvalue weighted by Crippen LogP contribution is 2.22. The summed E-state index contributed by atoms with van der Waals surface area (Å²) in [6, 6.07) is 16.9. The summed E-state index contributed by atoms with van der Waals surface area (Å²) < 4.78 is 2.12. The molecule has 0 aliphatic carbocycles. The van der Waals surface area contributed by atoms with Crippen molar-refractivity contribution in [3.63, 3.8) is 0 Å². The summed E-state index contributed by atoms with van der Waals surface area (Å²) in [5.74, 6) is 0.977. The Balaban J connectivity index is 2.10. The molecule has 2 aromatic carbocycles. The second kappa shape index (κ2) is 4.73. The largest absolute Gasteiger partial charge is 0.300 e. The molecule has 0 saturated heterocycles. The van der Waals surface area contributed by atoms with E-state index < -0.39 is 0 Å². The molecule has 0 spiro atoms. The van der Waals surface area contributed by atoms with Crippen LogP contribution in [-0.2, 0) is 0 Å². The second-order valence-electron chi connectivity index (χ2n) is 4.83. The van der Waals surface area contributed by atoms with Gasteiger partial charge >= 0.3 is 0 Å². The third-order valence-electron chi connectivity index (χ3n) is 3.23. The molecular weight excluding hydrogens is 232 g/mol. The summed E-state index contributed by atoms with van der Waals surface area (Å²) in [4.78, 5) is 4.49. The Morgan fingerprint density at radius 1 is 0.895 bits per heavy atom. The topological polar surface area (TPSA) is 17.8 Å². The molecule has 0 atom stereocenters. The minimum absolute atomic E-state index is 0.977. The van der Waals surface area contributed by atoms with Crippen LogP contribution in [-0.4, -0.2) is 9.55 Å². The van der Waals surface area contributed by atoms with Crippen LogP contribution < -0.4 is 0 Å². The minimum Gasteiger partial charge on any atom is -0.300 e. The van der Waals surface area contributed by atoms with Crippen LogP contribution in [0, 0.1) is 13.8 Å². The van der Waals surface area contributed by atoms with Crippen molar-refractivity contribution in [1.29, 1.82) is 0 Å². The lowest BCUT2D eigenvalue weighted by Crippen LogP contribution is -1.96. The maximum absolute atomic E-state index is 4.49. The molecule has 1 heterocycles. The van der Waals surface area contributed by atoms with E-state index in [0.29, 0.717) is 0 Å². The van der Waals surface area contributed by atoms with E-state index in [1.54, 1.807) is 0 Å². The van der Waals surface area contributed by atoms with Crippen LogP contribution in [0.4, 0.5) is 0 Å². The van der Waals surface area contributed by atoms with Gasteiger partial charge in [-0.05, 0) is 31.5 Å². The van der Waals surface area contributed by atoms with Crippen LogP contribution >= 0.6 is 0 Å². The summed E-state index contributed by atoms with van der Waals surface area (Å²) in [6.07, 6.45) is 3.85. The summed E-state index contributed by atoms with van der Waals surface area (Å²) in [5, 5.41) is 0. The second-order valence-corrected chi connectivity index (χ2v) is 4.83. The molecule has 0 unspecified atom stereocenters. The van der Waals surface area contributed by atoms with Gasteiger partial charge in [0.25, 0.3) is 0 Å². The van der Waals surface area contributed by atoms with E-state index >= 15 is 0 Å². The van der Waals surface area contributed by atoms with Gasteiger partial charge in [-0.3, -0.25) is 4.57 Å². The van der Waals surface area contributed by atoms with Gasteiger partial charge in [0.2, 0.25) is 0 Å². The monoisotopic (exact) mass is 248 g/mol. The van der Waals surface area contributed by atoms with Crippen molar-refractivity contribution in [3.05, 3.63) is 72.1 Å². The molecule has 2 heteroatoms. The highest BCUT2D eigenvalue weighted by Gasteiger charge is 2.07. The van der Waals surface area contributed by atoms with E-state index in [1.165, 1.54) is 11.1 Å². The van der Waals surface area contributed by atoms with E-state index in [2.05, 4.69) is 71.9 Å². The number of nitrogens with zero attached hydrogens (tertiary/aromatic N) is 2. The van der Waals surface area contributed by atoms with Crippen LogP contribution in [0.15, 0.2) is 60.9 Å². The first-order valence-corrected chi connectivity index (χ1v) is 6.41. The Morgan fingerprint density at radius 2 is 1.68 bits per heavy atom. The van der Waals surface area contributed by atoms with E-state index in [1.807, 2.05) is 12.4 Å². The number of aromatic nitrogens is 2. The number of rotatable bonds is 2. The molecule has 0 radical (unpaired) electrons. The van der Waals surface area contributed by atoms with Gasteiger partial charge in [0.15, 0.2) is 0 Å². The van der Waals surface area contributed by atoms with Gasteiger partial charge in [-0.15, -0.1) is 0 Å². The number of aryl methyl sites for hydroxylation is 2. The van der Waals surface area contributed by atoms with Crippen molar-refractivity contribution >= 4 is 0 Å². The molecule has 0 bridgehead atoms. The summed E-state index contributed by atoms with van der Waals surface area (Å²) in [5.41, 5.74) is 4.80. The first-order chi connectivity index (χ1) is 9.24. The molecule has 0 N–H and O–H groups in total. The zero-order chi connectivity index (χ0) is 13.2. The number of benzene rings is 2. The van der Waals surface area contributed by atoms with Crippen LogP contribution in [0.5, 0.6) is 0 Å². The fourth-order valence-corrected chi connectivity index (χ4v) is 2.21. The lowest BCUT2D eigenvalue weighted by Gasteiger charge is -2.09. The molecule has 2 nitrogen and oxygen atoms in total. The first kappa shape index (κ1) is 11.7. The molecule has 94 valence electrons. The van der Waals surface area contributed by atoms with Crippen molar-refractivity contribution in [3.8, 4) is 17.1 Å². The highest BCUT2D eigenvalue weighted by molar-refractivity contribution is 5.59. The fraction of sp³-hybridized carbons (Fsp3) is 0.118. The normalized spacial score (nSPS) is 10.6. The standard InChI is InChI=1S/C17H16N2/c1-13-6-8-15(9-7-13)17-18-10-11-19(17)16-5-3-4-14(2)12-16/h3-12H,1-2H3. The van der Waals surface area contributed by atoms with Crippen LogP contribution in [0.25, 0.3) is 17.1 Å². The predicted molar refractivity (Wildman–Crippen MR) is 78.5 cm³/mol. The molecule has 3 aromatic rings. The molecular formula is C17H16N2. The van der Waals surface area contributed by atoms with E-state index in [-0.39, 0.29) is 0 Å². The van der Waals surface area contributed by atoms with Gasteiger partial charge in [-0.1, -0.05) is 42.0 Å². The summed E-state index contributed by atoms with van der Waals surface area (Å²) in [6.45, 7) is 4.20. The van der Waals surface area contributed by atoms with Crippen LogP contribution in [0.2, 0.25) is 0 Å². The Labute approximate surface area is 113 Å². The lowest BCUT2D eigenvalue weighted by atomic mass is 10.1. The van der Waals surface area contributed by atoms with Gasteiger partial charge in [0.1, 0.15) is 5.82 Å². The van der Waals surface area contributed by atoms with E-state index in [9.17, 15) is 0 Å². The average Bonchev–Trinajstić information content (AvgIpc) is 2.89. The van der Waals surface area contributed by atoms with Gasteiger partial charge in [0, 0.05) is 23.6 Å². The molecule has 0 fully saturated rings. The van der Waals surface area contributed by atoms with Crippen LogP contribution in [0.1, 0.15) is 11.1 Å². The van der Waals surface area contributed by atoms with Gasteiger partial charge in [-0.2, -0.15) is 0 Å². The Hall–Kier alpha value is -2.35. The summed E-state index contributed by atoms with van der Waals surface area (Å²) in [7, 11) is 0. The van der Waals surface area contributed by atoms with Crippen molar-refractivity contribution in [2.75, 3.05) is 0 Å². The minimum atomic E-state index is 0.977. The molecule has 0 aliphatic rings. The third kappa shape index (κ3) is 2.29. The van der Waals surface area contributed by atoms with Gasteiger partial charge in [0.05, 0.1) is 0 Å². The zero-order valence-electron chi connectivity index (χ0n) is 11.2. The molecule has 19 heavy (non-hydrogen) atoms. The predicted octanol–water partition coefficient (Wildman–Crippen LogP) is 4.16. The fourth-order valence-electron chi connectivity index (χ4n) is 2.21. The van der Waals surface area contributed by atoms with E-state index in [0.717, 1.165) is 17.1 Å². The maximum Gasteiger partial charge on any atom is 0.144 e. The van der Waals surface area contributed by atoms with Crippen molar-refractivity contribution in [1.82, 2.24) is 9.55 Å². The van der Waals surface area contributed by atoms with Crippen molar-refractivity contribution in [2.45, 2.75) is 13.8 Å². The number of hydrogen-bond acceptors (Lipinski definition) is 1. The molecule has 3 rings (SSSR count). The summed E-state index contributed by atoms with van der Waals surface area (Å²) >= 11 is 0.